The number of nitrogens with one attached hydrogen (secondary N) is 1. The summed E-state index contributed by atoms with van der Waals surface area (Å²) in [7, 11) is 0. The standard InChI is InChI=1S/C28H23N3O5/c1-3-17(2)19-10-13-25-22(16-19)30-28(36-25)18-8-11-20(12-9-18)29-27(32)26-15-14-24(35-26)21-6-4-5-7-23(21)31(33)34/h4-17H,3H2,1-2H3,(H,29,32)/t17-/m0/s1. The average Bonchev–Trinajstić information content (AvgIpc) is 3.56. The van der Waals surface area contributed by atoms with Gasteiger partial charge in [-0.25, -0.2) is 4.98 Å². The van der Waals surface area contributed by atoms with E-state index in [0.717, 1.165) is 23.1 Å². The van der Waals surface area contributed by atoms with Crippen molar-refractivity contribution in [1.29, 1.82) is 0 Å². The lowest BCUT2D eigenvalue weighted by Crippen LogP contribution is -2.10. The summed E-state index contributed by atoms with van der Waals surface area (Å²) < 4.78 is 11.5. The number of para-hydroxylation sites is 1. The number of furan rings is 1. The molecule has 1 atom stereocenters. The molecular weight excluding hydrogens is 458 g/mol. The summed E-state index contributed by atoms with van der Waals surface area (Å²) in [5, 5.41) is 14.1. The predicted molar refractivity (Wildman–Crippen MR) is 137 cm³/mol. The minimum absolute atomic E-state index is 0.0447. The molecule has 1 N–H and O–H groups in total. The smallest absolute Gasteiger partial charge is 0.291 e. The van der Waals surface area contributed by atoms with E-state index in [1.807, 2.05) is 18.2 Å². The molecule has 36 heavy (non-hydrogen) atoms. The number of aromatic nitrogens is 1. The normalized spacial score (nSPS) is 11.9. The highest BCUT2D eigenvalue weighted by atomic mass is 16.6. The van der Waals surface area contributed by atoms with Crippen LogP contribution in [0.1, 0.15) is 42.3 Å². The third kappa shape index (κ3) is 4.48. The molecule has 5 aromatic rings. The molecule has 2 aromatic heterocycles. The Bertz CT molecular complexity index is 1570. The molecule has 2 heterocycles. The Labute approximate surface area is 206 Å². The zero-order chi connectivity index (χ0) is 25.2. The van der Waals surface area contributed by atoms with Crippen molar-refractivity contribution in [2.24, 2.45) is 0 Å². The largest absolute Gasteiger partial charge is 0.451 e. The Kier molecular flexibility index (Phi) is 6.08. The molecule has 0 fully saturated rings. The van der Waals surface area contributed by atoms with Crippen molar-refractivity contribution in [1.82, 2.24) is 4.98 Å². The van der Waals surface area contributed by atoms with Gasteiger partial charge in [-0.1, -0.05) is 32.0 Å². The summed E-state index contributed by atoms with van der Waals surface area (Å²) in [5.41, 5.74) is 4.32. The fraction of sp³-hybridized carbons (Fsp3) is 0.143. The number of hydrogen-bond acceptors (Lipinski definition) is 6. The van der Waals surface area contributed by atoms with Gasteiger partial charge in [-0.2, -0.15) is 0 Å². The zero-order valence-corrected chi connectivity index (χ0v) is 19.7. The second kappa shape index (κ2) is 9.50. The van der Waals surface area contributed by atoms with Crippen LogP contribution in [0.4, 0.5) is 11.4 Å². The second-order valence-electron chi connectivity index (χ2n) is 8.53. The first-order valence-corrected chi connectivity index (χ1v) is 11.6. The minimum atomic E-state index is -0.485. The third-order valence-electron chi connectivity index (χ3n) is 6.18. The van der Waals surface area contributed by atoms with E-state index >= 15 is 0 Å². The first kappa shape index (κ1) is 23.0. The number of anilines is 1. The molecular formula is C28H23N3O5. The lowest BCUT2D eigenvalue weighted by molar-refractivity contribution is -0.384. The molecule has 0 spiro atoms. The van der Waals surface area contributed by atoms with E-state index in [4.69, 9.17) is 8.83 Å². The van der Waals surface area contributed by atoms with Gasteiger partial charge in [0.1, 0.15) is 11.3 Å². The van der Waals surface area contributed by atoms with E-state index in [9.17, 15) is 14.9 Å². The van der Waals surface area contributed by atoms with E-state index < -0.39 is 10.8 Å². The minimum Gasteiger partial charge on any atom is -0.451 e. The number of nitro benzene ring substituents is 1. The lowest BCUT2D eigenvalue weighted by atomic mass is 9.98. The third-order valence-corrected chi connectivity index (χ3v) is 6.18. The van der Waals surface area contributed by atoms with Gasteiger partial charge in [-0.3, -0.25) is 14.9 Å². The van der Waals surface area contributed by atoms with Crippen molar-refractivity contribution in [2.45, 2.75) is 26.2 Å². The number of oxazole rings is 1. The van der Waals surface area contributed by atoms with Crippen LogP contribution in [-0.4, -0.2) is 15.8 Å². The number of hydrogen-bond donors (Lipinski definition) is 1. The molecule has 5 rings (SSSR count). The molecule has 0 saturated heterocycles. The van der Waals surface area contributed by atoms with E-state index in [1.54, 1.807) is 36.4 Å². The summed E-state index contributed by atoms with van der Waals surface area (Å²) >= 11 is 0. The topological polar surface area (TPSA) is 111 Å². The highest BCUT2D eigenvalue weighted by Crippen LogP contribution is 2.32. The maximum Gasteiger partial charge on any atom is 0.291 e. The molecule has 0 aliphatic heterocycles. The fourth-order valence-corrected chi connectivity index (χ4v) is 3.94. The second-order valence-corrected chi connectivity index (χ2v) is 8.53. The Balaban J connectivity index is 1.31. The van der Waals surface area contributed by atoms with Crippen LogP contribution >= 0.6 is 0 Å². The van der Waals surface area contributed by atoms with Gasteiger partial charge in [0, 0.05) is 17.3 Å². The number of fused-ring (bicyclic) bond motifs is 1. The molecule has 180 valence electrons. The molecule has 1 amide bonds. The molecule has 0 radical (unpaired) electrons. The number of carbonyl (C=O) groups excluding carboxylic acids is 1. The summed E-state index contributed by atoms with van der Waals surface area (Å²) in [4.78, 5) is 28.1. The molecule has 0 aliphatic carbocycles. The Hall–Kier alpha value is -4.72. The van der Waals surface area contributed by atoms with Gasteiger partial charge in [0.05, 0.1) is 10.5 Å². The highest BCUT2D eigenvalue weighted by molar-refractivity contribution is 6.02. The van der Waals surface area contributed by atoms with Crippen molar-refractivity contribution >= 4 is 28.4 Å². The first-order chi connectivity index (χ1) is 17.4. The molecule has 0 saturated carbocycles. The van der Waals surface area contributed by atoms with Gasteiger partial charge >= 0.3 is 0 Å². The van der Waals surface area contributed by atoms with Crippen LogP contribution in [0.5, 0.6) is 0 Å². The number of carbonyl (C=O) groups is 1. The van der Waals surface area contributed by atoms with E-state index in [2.05, 4.69) is 36.3 Å². The predicted octanol–water partition coefficient (Wildman–Crippen LogP) is 7.43. The maximum absolute atomic E-state index is 12.7. The average molecular weight is 482 g/mol. The fourth-order valence-electron chi connectivity index (χ4n) is 3.94. The zero-order valence-electron chi connectivity index (χ0n) is 19.7. The van der Waals surface area contributed by atoms with Gasteiger partial charge in [0.15, 0.2) is 11.3 Å². The van der Waals surface area contributed by atoms with Crippen LogP contribution in [0.15, 0.2) is 87.7 Å². The van der Waals surface area contributed by atoms with Crippen molar-refractivity contribution in [2.75, 3.05) is 5.32 Å². The SMILES string of the molecule is CC[C@H](C)c1ccc2oc(-c3ccc(NC(=O)c4ccc(-c5ccccc5[N+](=O)[O-])o4)cc3)nc2c1. The van der Waals surface area contributed by atoms with Crippen molar-refractivity contribution in [3.05, 3.63) is 100 Å². The molecule has 0 aliphatic rings. The molecule has 0 unspecified atom stereocenters. The highest BCUT2D eigenvalue weighted by Gasteiger charge is 2.19. The summed E-state index contributed by atoms with van der Waals surface area (Å²) in [6, 6.07) is 22.5. The molecule has 0 bridgehead atoms. The van der Waals surface area contributed by atoms with Crippen LogP contribution in [0.3, 0.4) is 0 Å². The number of amides is 1. The number of rotatable bonds is 7. The van der Waals surface area contributed by atoms with Crippen molar-refractivity contribution in [3.63, 3.8) is 0 Å². The summed E-state index contributed by atoms with van der Waals surface area (Å²) in [6.07, 6.45) is 1.05. The molecule has 8 heteroatoms. The molecule has 8 nitrogen and oxygen atoms in total. The van der Waals surface area contributed by atoms with Crippen LogP contribution in [0.25, 0.3) is 33.9 Å². The van der Waals surface area contributed by atoms with Crippen molar-refractivity contribution < 1.29 is 18.6 Å². The van der Waals surface area contributed by atoms with Crippen LogP contribution < -0.4 is 5.32 Å². The van der Waals surface area contributed by atoms with Gasteiger partial charge in [0.2, 0.25) is 5.89 Å². The monoisotopic (exact) mass is 481 g/mol. The van der Waals surface area contributed by atoms with Crippen molar-refractivity contribution in [3.8, 4) is 22.8 Å². The van der Waals surface area contributed by atoms with Gasteiger partial charge < -0.3 is 14.2 Å². The van der Waals surface area contributed by atoms with E-state index in [1.165, 1.54) is 17.7 Å². The van der Waals surface area contributed by atoms with Gasteiger partial charge in [-0.05, 0) is 72.5 Å². The van der Waals surface area contributed by atoms with Gasteiger partial charge in [0.25, 0.3) is 11.6 Å². The first-order valence-electron chi connectivity index (χ1n) is 11.6. The molecule has 3 aromatic carbocycles. The van der Waals surface area contributed by atoms with E-state index in [0.29, 0.717) is 23.1 Å². The quantitative estimate of drug-likeness (QED) is 0.191. The number of nitrogens with zero attached hydrogens (tertiary/aromatic N) is 2. The summed E-state index contributed by atoms with van der Waals surface area (Å²) in [5.74, 6) is 0.778. The van der Waals surface area contributed by atoms with Crippen LogP contribution in [0.2, 0.25) is 0 Å². The van der Waals surface area contributed by atoms with Gasteiger partial charge in [-0.15, -0.1) is 0 Å². The maximum atomic E-state index is 12.7. The Morgan fingerprint density at radius 1 is 1.03 bits per heavy atom. The summed E-state index contributed by atoms with van der Waals surface area (Å²) in [6.45, 7) is 4.34. The van der Waals surface area contributed by atoms with Crippen LogP contribution in [0, 0.1) is 10.1 Å². The van der Waals surface area contributed by atoms with Crippen LogP contribution in [-0.2, 0) is 0 Å². The Morgan fingerprint density at radius 3 is 2.56 bits per heavy atom. The van der Waals surface area contributed by atoms with E-state index in [-0.39, 0.29) is 17.2 Å². The lowest BCUT2D eigenvalue weighted by Gasteiger charge is -2.07. The Morgan fingerprint density at radius 2 is 1.81 bits per heavy atom. The number of nitro groups is 1. The number of benzene rings is 3.